The third-order valence-electron chi connectivity index (χ3n) is 2.93. The molecule has 1 aromatic carbocycles. The summed E-state index contributed by atoms with van der Waals surface area (Å²) in [5.74, 6) is -1.95. The van der Waals surface area contributed by atoms with Crippen LogP contribution < -0.4 is 4.90 Å². The molecule has 4 nitrogen and oxygen atoms in total. The molecule has 0 spiro atoms. The molecule has 1 aromatic rings. The number of rotatable bonds is 5. The first-order chi connectivity index (χ1) is 8.79. The van der Waals surface area contributed by atoms with Gasteiger partial charge in [0.05, 0.1) is 11.1 Å². The Hall–Kier alpha value is -1.91. The van der Waals surface area contributed by atoms with Crippen molar-refractivity contribution in [2.75, 3.05) is 11.4 Å². The summed E-state index contributed by atoms with van der Waals surface area (Å²) >= 11 is 0. The van der Waals surface area contributed by atoms with Crippen molar-refractivity contribution in [3.8, 4) is 0 Å². The Morgan fingerprint density at radius 3 is 2.37 bits per heavy atom. The smallest absolute Gasteiger partial charge is 0.309 e. The van der Waals surface area contributed by atoms with Crippen LogP contribution in [-0.2, 0) is 9.59 Å². The van der Waals surface area contributed by atoms with Gasteiger partial charge in [0.25, 0.3) is 0 Å². The molecule has 104 valence electrons. The normalized spacial score (nSPS) is 11.2. The minimum absolute atomic E-state index is 0.176. The van der Waals surface area contributed by atoms with Crippen molar-refractivity contribution in [1.82, 2.24) is 0 Å². The number of hydrogen-bond acceptors (Lipinski definition) is 2. The number of halogens is 1. The van der Waals surface area contributed by atoms with Crippen LogP contribution in [0.4, 0.5) is 10.1 Å². The Bertz CT molecular complexity index is 485. The van der Waals surface area contributed by atoms with Crippen LogP contribution in [0.3, 0.4) is 0 Å². The minimum atomic E-state index is -1.17. The second kappa shape index (κ2) is 5.82. The average molecular weight is 267 g/mol. The third kappa shape index (κ3) is 3.53. The maximum Gasteiger partial charge on any atom is 0.309 e. The summed E-state index contributed by atoms with van der Waals surface area (Å²) < 4.78 is 13.7. The molecule has 0 saturated heterocycles. The van der Waals surface area contributed by atoms with Gasteiger partial charge in [-0.05, 0) is 32.9 Å². The zero-order valence-corrected chi connectivity index (χ0v) is 11.3. The van der Waals surface area contributed by atoms with Gasteiger partial charge < -0.3 is 10.0 Å². The van der Waals surface area contributed by atoms with E-state index in [1.54, 1.807) is 19.1 Å². The number of amides is 1. The van der Waals surface area contributed by atoms with Crippen LogP contribution in [-0.4, -0.2) is 23.5 Å². The van der Waals surface area contributed by atoms with Crippen LogP contribution in [0.25, 0.3) is 0 Å². The van der Waals surface area contributed by atoms with Crippen LogP contribution in [0.2, 0.25) is 0 Å². The highest BCUT2D eigenvalue weighted by atomic mass is 19.1. The maximum atomic E-state index is 13.7. The van der Waals surface area contributed by atoms with Crippen molar-refractivity contribution in [2.24, 2.45) is 5.41 Å². The number of nitrogens with zero attached hydrogens (tertiary/aromatic N) is 1. The standard InChI is InChI=1S/C14H18FNO3/c1-4-16(11-8-6-5-7-10(11)15)12(17)9-14(2,3)13(18)19/h5-8H,4,9H2,1-3H3,(H,18,19). The monoisotopic (exact) mass is 267 g/mol. The molecule has 0 atom stereocenters. The van der Waals surface area contributed by atoms with Gasteiger partial charge in [0, 0.05) is 13.0 Å². The van der Waals surface area contributed by atoms with Gasteiger partial charge in [-0.1, -0.05) is 12.1 Å². The fourth-order valence-corrected chi connectivity index (χ4v) is 1.70. The summed E-state index contributed by atoms with van der Waals surface area (Å²) in [5.41, 5.74) is -0.994. The summed E-state index contributed by atoms with van der Waals surface area (Å²) in [4.78, 5) is 24.4. The van der Waals surface area contributed by atoms with Crippen molar-refractivity contribution >= 4 is 17.6 Å². The summed E-state index contributed by atoms with van der Waals surface area (Å²) in [6, 6.07) is 5.95. The Morgan fingerprint density at radius 2 is 1.89 bits per heavy atom. The average Bonchev–Trinajstić information content (AvgIpc) is 2.31. The molecule has 0 heterocycles. The largest absolute Gasteiger partial charge is 0.481 e. The molecule has 1 amide bonds. The molecule has 0 aromatic heterocycles. The molecule has 0 unspecified atom stereocenters. The van der Waals surface area contributed by atoms with E-state index in [1.807, 2.05) is 0 Å². The van der Waals surface area contributed by atoms with Gasteiger partial charge in [0.2, 0.25) is 5.91 Å². The molecule has 5 heteroatoms. The molecule has 0 aliphatic heterocycles. The number of carboxylic acid groups (broad SMARTS) is 1. The van der Waals surface area contributed by atoms with Crippen LogP contribution in [0.5, 0.6) is 0 Å². The van der Waals surface area contributed by atoms with Gasteiger partial charge in [-0.3, -0.25) is 9.59 Å². The van der Waals surface area contributed by atoms with E-state index in [9.17, 15) is 14.0 Å². The summed E-state index contributed by atoms with van der Waals surface area (Å²) in [7, 11) is 0. The van der Waals surface area contributed by atoms with Crippen molar-refractivity contribution in [3.63, 3.8) is 0 Å². The molecule has 0 radical (unpaired) electrons. The van der Waals surface area contributed by atoms with Crippen molar-refractivity contribution in [2.45, 2.75) is 27.2 Å². The molecule has 0 fully saturated rings. The zero-order valence-electron chi connectivity index (χ0n) is 11.3. The zero-order chi connectivity index (χ0) is 14.6. The number of para-hydroxylation sites is 1. The quantitative estimate of drug-likeness (QED) is 0.892. The molecule has 1 rings (SSSR count). The van der Waals surface area contributed by atoms with Crippen LogP contribution >= 0.6 is 0 Å². The summed E-state index contributed by atoms with van der Waals surface area (Å²) in [6.07, 6.45) is -0.176. The van der Waals surface area contributed by atoms with Crippen LogP contribution in [0, 0.1) is 11.2 Å². The third-order valence-corrected chi connectivity index (χ3v) is 2.93. The van der Waals surface area contributed by atoms with E-state index < -0.39 is 23.1 Å². The predicted octanol–water partition coefficient (Wildman–Crippen LogP) is 2.68. The van der Waals surface area contributed by atoms with Gasteiger partial charge in [0.1, 0.15) is 5.82 Å². The first-order valence-corrected chi connectivity index (χ1v) is 6.08. The highest BCUT2D eigenvalue weighted by Gasteiger charge is 2.32. The van der Waals surface area contributed by atoms with E-state index in [2.05, 4.69) is 0 Å². The van der Waals surface area contributed by atoms with Crippen LogP contribution in [0.1, 0.15) is 27.2 Å². The number of carbonyl (C=O) groups is 2. The summed E-state index contributed by atoms with van der Waals surface area (Å²) in [6.45, 7) is 4.96. The molecular formula is C14H18FNO3. The minimum Gasteiger partial charge on any atom is -0.481 e. The Balaban J connectivity index is 2.96. The second-order valence-corrected chi connectivity index (χ2v) is 4.96. The maximum absolute atomic E-state index is 13.7. The topological polar surface area (TPSA) is 57.6 Å². The molecule has 0 aliphatic carbocycles. The Labute approximate surface area is 111 Å². The van der Waals surface area contributed by atoms with Gasteiger partial charge in [-0.2, -0.15) is 0 Å². The van der Waals surface area contributed by atoms with E-state index in [0.717, 1.165) is 0 Å². The number of benzene rings is 1. The van der Waals surface area contributed by atoms with Crippen LogP contribution in [0.15, 0.2) is 24.3 Å². The number of carbonyl (C=O) groups excluding carboxylic acids is 1. The molecular weight excluding hydrogens is 249 g/mol. The van der Waals surface area contributed by atoms with E-state index in [1.165, 1.54) is 30.9 Å². The van der Waals surface area contributed by atoms with Gasteiger partial charge in [-0.25, -0.2) is 4.39 Å². The lowest BCUT2D eigenvalue weighted by molar-refractivity contribution is -0.149. The number of hydrogen-bond donors (Lipinski definition) is 1. The molecule has 19 heavy (non-hydrogen) atoms. The number of carboxylic acids is 1. The highest BCUT2D eigenvalue weighted by Crippen LogP contribution is 2.25. The lowest BCUT2D eigenvalue weighted by Gasteiger charge is -2.26. The second-order valence-electron chi connectivity index (χ2n) is 4.96. The SMILES string of the molecule is CCN(C(=O)CC(C)(C)C(=O)O)c1ccccc1F. The lowest BCUT2D eigenvalue weighted by Crippen LogP contribution is -2.37. The Morgan fingerprint density at radius 1 is 1.32 bits per heavy atom. The highest BCUT2D eigenvalue weighted by molar-refractivity contribution is 5.96. The Kier molecular flexibility index (Phi) is 4.64. The van der Waals surface area contributed by atoms with E-state index in [-0.39, 0.29) is 18.7 Å². The van der Waals surface area contributed by atoms with Gasteiger partial charge in [-0.15, -0.1) is 0 Å². The number of aliphatic carboxylic acids is 1. The van der Waals surface area contributed by atoms with Crippen molar-refractivity contribution in [3.05, 3.63) is 30.1 Å². The van der Waals surface area contributed by atoms with Gasteiger partial charge in [0.15, 0.2) is 0 Å². The van der Waals surface area contributed by atoms with E-state index in [0.29, 0.717) is 0 Å². The van der Waals surface area contributed by atoms with E-state index in [4.69, 9.17) is 5.11 Å². The fraction of sp³-hybridized carbons (Fsp3) is 0.429. The van der Waals surface area contributed by atoms with Crippen molar-refractivity contribution in [1.29, 1.82) is 0 Å². The summed E-state index contributed by atoms with van der Waals surface area (Å²) in [5, 5.41) is 9.02. The molecule has 0 saturated carbocycles. The number of anilines is 1. The predicted molar refractivity (Wildman–Crippen MR) is 70.5 cm³/mol. The molecule has 1 N–H and O–H groups in total. The van der Waals surface area contributed by atoms with E-state index >= 15 is 0 Å². The first-order valence-electron chi connectivity index (χ1n) is 6.08. The lowest BCUT2D eigenvalue weighted by atomic mass is 9.89. The molecule has 0 aliphatic rings. The first kappa shape index (κ1) is 15.1. The molecule has 0 bridgehead atoms. The van der Waals surface area contributed by atoms with Gasteiger partial charge >= 0.3 is 5.97 Å². The van der Waals surface area contributed by atoms with Crippen molar-refractivity contribution < 1.29 is 19.1 Å². The fourth-order valence-electron chi connectivity index (χ4n) is 1.70.